The number of carbonyl (C=O) groups is 1. The van der Waals surface area contributed by atoms with Gasteiger partial charge in [0, 0.05) is 13.2 Å². The second-order valence-corrected chi connectivity index (χ2v) is 9.05. The number of nitrogens with zero attached hydrogens (tertiary/aromatic N) is 1. The van der Waals surface area contributed by atoms with E-state index in [4.69, 9.17) is 9.47 Å². The predicted molar refractivity (Wildman–Crippen MR) is 104 cm³/mol. The highest BCUT2D eigenvalue weighted by Gasteiger charge is 2.33. The summed E-state index contributed by atoms with van der Waals surface area (Å²) in [7, 11) is 0. The number of likely N-dealkylation sites (tertiary alicyclic amines) is 1. The first-order chi connectivity index (χ1) is 12.3. The normalized spacial score (nSPS) is 22.4. The van der Waals surface area contributed by atoms with E-state index in [1.54, 1.807) is 4.90 Å². The van der Waals surface area contributed by atoms with Crippen LogP contribution in [0.3, 0.4) is 0 Å². The van der Waals surface area contributed by atoms with Crippen molar-refractivity contribution >= 4 is 22.0 Å². The number of carbonyl (C=O) groups excluding carboxylic acids is 1. The molecule has 0 saturated carbocycles. The molecule has 1 N–H and O–H groups in total. The van der Waals surface area contributed by atoms with Crippen molar-refractivity contribution in [1.82, 2.24) is 4.90 Å². The summed E-state index contributed by atoms with van der Waals surface area (Å²) in [6.07, 6.45) is 3.42. The number of hydrogen-bond donors (Lipinski definition) is 1. The summed E-state index contributed by atoms with van der Waals surface area (Å²) < 4.78 is 12.6. The Morgan fingerprint density at radius 2 is 2.12 bits per heavy atom. The molecule has 144 valence electrons. The molecule has 0 radical (unpaired) electrons. The number of hydrogen-bond acceptors (Lipinski definition) is 4. The predicted octanol–water partition coefficient (Wildman–Crippen LogP) is 3.93. The van der Waals surface area contributed by atoms with Gasteiger partial charge in [-0.15, -0.1) is 0 Å². The summed E-state index contributed by atoms with van der Waals surface area (Å²) in [5.41, 5.74) is 2.02. The van der Waals surface area contributed by atoms with E-state index in [-0.39, 0.29) is 18.7 Å². The number of rotatable bonds is 4. The lowest BCUT2D eigenvalue weighted by atomic mass is 10.1. The van der Waals surface area contributed by atoms with Crippen molar-refractivity contribution < 1.29 is 19.4 Å². The van der Waals surface area contributed by atoms with Crippen LogP contribution in [0.5, 0.6) is 5.75 Å². The molecule has 2 unspecified atom stereocenters. The van der Waals surface area contributed by atoms with Crippen LogP contribution in [-0.4, -0.2) is 47.5 Å². The van der Waals surface area contributed by atoms with Crippen LogP contribution in [0.1, 0.15) is 44.7 Å². The third-order valence-corrected chi connectivity index (χ3v) is 5.87. The lowest BCUT2D eigenvalue weighted by molar-refractivity contribution is 0.0187. The standard InChI is InChI=1S/C20H28BrNO4/c1-20(2,3)26-19(24)22-8-4-5-15(22)12-25-17-7-6-14-9-13(11-23)10-16(14)18(17)21/h6-7,13,15,23H,4-5,8-12H2,1-3H3. The Morgan fingerprint density at radius 1 is 1.35 bits per heavy atom. The lowest BCUT2D eigenvalue weighted by Gasteiger charge is -2.28. The molecule has 1 aromatic rings. The SMILES string of the molecule is CC(C)(C)OC(=O)N1CCCC1COc1ccc2c(c1Br)CC(CO)C2. The first-order valence-electron chi connectivity index (χ1n) is 9.32. The van der Waals surface area contributed by atoms with Gasteiger partial charge in [-0.25, -0.2) is 4.79 Å². The van der Waals surface area contributed by atoms with Gasteiger partial charge in [-0.2, -0.15) is 0 Å². The van der Waals surface area contributed by atoms with E-state index in [1.165, 1.54) is 11.1 Å². The molecule has 1 amide bonds. The van der Waals surface area contributed by atoms with E-state index in [0.717, 1.165) is 35.9 Å². The highest BCUT2D eigenvalue weighted by atomic mass is 79.9. The van der Waals surface area contributed by atoms with Gasteiger partial charge < -0.3 is 19.5 Å². The molecule has 26 heavy (non-hydrogen) atoms. The lowest BCUT2D eigenvalue weighted by Crippen LogP contribution is -2.42. The summed E-state index contributed by atoms with van der Waals surface area (Å²) in [5, 5.41) is 9.41. The summed E-state index contributed by atoms with van der Waals surface area (Å²) in [6, 6.07) is 4.11. The highest BCUT2D eigenvalue weighted by Crippen LogP contribution is 2.38. The van der Waals surface area contributed by atoms with Crippen molar-refractivity contribution in [3.05, 3.63) is 27.7 Å². The zero-order valence-electron chi connectivity index (χ0n) is 15.8. The molecule has 1 saturated heterocycles. The monoisotopic (exact) mass is 425 g/mol. The summed E-state index contributed by atoms with van der Waals surface area (Å²) >= 11 is 3.67. The average Bonchev–Trinajstić information content (AvgIpc) is 3.19. The minimum absolute atomic E-state index is 0.0372. The Kier molecular flexibility index (Phi) is 5.82. The fourth-order valence-electron chi connectivity index (χ4n) is 3.72. The zero-order chi connectivity index (χ0) is 18.9. The van der Waals surface area contributed by atoms with Gasteiger partial charge in [0.25, 0.3) is 0 Å². The van der Waals surface area contributed by atoms with E-state index in [9.17, 15) is 9.90 Å². The van der Waals surface area contributed by atoms with Crippen LogP contribution >= 0.6 is 15.9 Å². The first kappa shape index (κ1) is 19.5. The maximum Gasteiger partial charge on any atom is 0.410 e. The molecular weight excluding hydrogens is 398 g/mol. The maximum absolute atomic E-state index is 12.4. The Balaban J connectivity index is 1.63. The van der Waals surface area contributed by atoms with Crippen molar-refractivity contribution in [3.63, 3.8) is 0 Å². The fourth-order valence-corrected chi connectivity index (χ4v) is 4.38. The molecule has 3 rings (SSSR count). The Labute approximate surface area is 163 Å². The molecule has 2 atom stereocenters. The summed E-state index contributed by atoms with van der Waals surface area (Å²) in [5.74, 6) is 1.10. The quantitative estimate of drug-likeness (QED) is 0.793. The van der Waals surface area contributed by atoms with Crippen molar-refractivity contribution in [3.8, 4) is 5.75 Å². The van der Waals surface area contributed by atoms with Gasteiger partial charge in [0.15, 0.2) is 0 Å². The average molecular weight is 426 g/mol. The second kappa shape index (κ2) is 7.77. The van der Waals surface area contributed by atoms with Gasteiger partial charge in [-0.3, -0.25) is 0 Å². The third-order valence-electron chi connectivity index (χ3n) is 5.00. The Hall–Kier alpha value is -1.27. The molecule has 1 aliphatic heterocycles. The van der Waals surface area contributed by atoms with E-state index >= 15 is 0 Å². The second-order valence-electron chi connectivity index (χ2n) is 8.25. The first-order valence-corrected chi connectivity index (χ1v) is 10.1. The van der Waals surface area contributed by atoms with Crippen LogP contribution in [0.15, 0.2) is 16.6 Å². The van der Waals surface area contributed by atoms with Crippen molar-refractivity contribution in [2.75, 3.05) is 19.8 Å². The van der Waals surface area contributed by atoms with Crippen LogP contribution in [0, 0.1) is 5.92 Å². The molecule has 1 fully saturated rings. The van der Waals surface area contributed by atoms with Gasteiger partial charge in [-0.1, -0.05) is 6.07 Å². The number of benzene rings is 1. The van der Waals surface area contributed by atoms with E-state index in [0.29, 0.717) is 19.1 Å². The van der Waals surface area contributed by atoms with Crippen LogP contribution in [0.25, 0.3) is 0 Å². The molecule has 1 heterocycles. The fraction of sp³-hybridized carbons (Fsp3) is 0.650. The number of ether oxygens (including phenoxy) is 2. The Bertz CT molecular complexity index is 671. The largest absolute Gasteiger partial charge is 0.490 e. The molecule has 1 aliphatic carbocycles. The van der Waals surface area contributed by atoms with Crippen LogP contribution in [0.4, 0.5) is 4.79 Å². The summed E-state index contributed by atoms with van der Waals surface area (Å²) in [6.45, 7) is 7.03. The smallest absolute Gasteiger partial charge is 0.410 e. The van der Waals surface area contributed by atoms with Crippen molar-refractivity contribution in [1.29, 1.82) is 0 Å². The third kappa shape index (κ3) is 4.34. The van der Waals surface area contributed by atoms with Crippen molar-refractivity contribution in [2.24, 2.45) is 5.92 Å². The van der Waals surface area contributed by atoms with Gasteiger partial charge in [0.2, 0.25) is 0 Å². The van der Waals surface area contributed by atoms with Gasteiger partial charge in [0.05, 0.1) is 10.5 Å². The van der Waals surface area contributed by atoms with E-state index in [1.807, 2.05) is 26.8 Å². The molecule has 0 aromatic heterocycles. The number of aliphatic hydroxyl groups excluding tert-OH is 1. The van der Waals surface area contributed by atoms with Crippen molar-refractivity contribution in [2.45, 2.75) is 58.1 Å². The molecular formula is C20H28BrNO4. The Morgan fingerprint density at radius 3 is 2.81 bits per heavy atom. The maximum atomic E-state index is 12.4. The summed E-state index contributed by atoms with van der Waals surface area (Å²) in [4.78, 5) is 14.2. The molecule has 1 aromatic carbocycles. The minimum atomic E-state index is -0.489. The minimum Gasteiger partial charge on any atom is -0.490 e. The molecule has 0 spiro atoms. The highest BCUT2D eigenvalue weighted by molar-refractivity contribution is 9.10. The van der Waals surface area contributed by atoms with E-state index in [2.05, 4.69) is 22.0 Å². The molecule has 5 nitrogen and oxygen atoms in total. The molecule has 2 aliphatic rings. The zero-order valence-corrected chi connectivity index (χ0v) is 17.3. The van der Waals surface area contributed by atoms with Crippen LogP contribution < -0.4 is 4.74 Å². The number of aliphatic hydroxyl groups is 1. The number of amides is 1. The van der Waals surface area contributed by atoms with Crippen LogP contribution in [0.2, 0.25) is 0 Å². The number of halogens is 1. The molecule has 6 heteroatoms. The number of fused-ring (bicyclic) bond motifs is 1. The van der Waals surface area contributed by atoms with E-state index < -0.39 is 5.60 Å². The topological polar surface area (TPSA) is 59.0 Å². The van der Waals surface area contributed by atoms with Gasteiger partial charge in [0.1, 0.15) is 18.0 Å². The van der Waals surface area contributed by atoms with Gasteiger partial charge >= 0.3 is 6.09 Å². The molecule has 0 bridgehead atoms. The van der Waals surface area contributed by atoms with Gasteiger partial charge in [-0.05, 0) is 85.5 Å². The van der Waals surface area contributed by atoms with Crippen LogP contribution in [-0.2, 0) is 17.6 Å².